The number of carbonyl (C=O) groups is 1. The van der Waals surface area contributed by atoms with Crippen molar-refractivity contribution in [3.8, 4) is 11.8 Å². The van der Waals surface area contributed by atoms with Crippen LogP contribution in [0.4, 0.5) is 5.82 Å². The van der Waals surface area contributed by atoms with Gasteiger partial charge in [-0.1, -0.05) is 0 Å². The number of aryl methyl sites for hydroxylation is 1. The molecule has 1 aromatic carbocycles. The van der Waals surface area contributed by atoms with E-state index in [2.05, 4.69) is 16.5 Å². The molecule has 1 unspecified atom stereocenters. The van der Waals surface area contributed by atoms with E-state index < -0.39 is 0 Å². The fourth-order valence-electron chi connectivity index (χ4n) is 3.65. The minimum absolute atomic E-state index is 0.201. The van der Waals surface area contributed by atoms with Gasteiger partial charge in [0.25, 0.3) is 5.91 Å². The monoisotopic (exact) mass is 390 g/mol. The lowest BCUT2D eigenvalue weighted by Crippen LogP contribution is -2.25. The van der Waals surface area contributed by atoms with Crippen LogP contribution >= 0.6 is 0 Å². The molecular weight excluding hydrogens is 368 g/mol. The van der Waals surface area contributed by atoms with Gasteiger partial charge in [0.2, 0.25) is 0 Å². The summed E-state index contributed by atoms with van der Waals surface area (Å²) in [5.41, 5.74) is 1.87. The van der Waals surface area contributed by atoms with Crippen LogP contribution in [0.1, 0.15) is 32.3 Å². The summed E-state index contributed by atoms with van der Waals surface area (Å²) in [5, 5.41) is 16.0. The van der Waals surface area contributed by atoms with Crippen LogP contribution < -0.4 is 10.1 Å². The number of benzene rings is 1. The molecule has 1 N–H and O–H groups in total. The molecule has 1 amide bonds. The van der Waals surface area contributed by atoms with Gasteiger partial charge in [0.1, 0.15) is 11.5 Å². The summed E-state index contributed by atoms with van der Waals surface area (Å²) in [6, 6.07) is 10.7. The maximum atomic E-state index is 12.8. The van der Waals surface area contributed by atoms with E-state index in [0.29, 0.717) is 34.9 Å². The summed E-state index contributed by atoms with van der Waals surface area (Å²) >= 11 is 0. The molecule has 1 fully saturated rings. The summed E-state index contributed by atoms with van der Waals surface area (Å²) in [7, 11) is 1.79. The van der Waals surface area contributed by atoms with Crippen LogP contribution in [-0.2, 0) is 16.6 Å². The summed E-state index contributed by atoms with van der Waals surface area (Å²) in [5.74, 6) is 1.51. The standard InChI is InChI=1S/C22H22N4O3/c1-22(2)12-17-18(28-16-6-4-14(13-23)5-7-16)10-15(11-19(17)29-22)21(27)24-20-8-9-26(3)25-20/h4-10,19H,11-12H2,1-3H3,(H,24,25,27). The number of aromatic nitrogens is 2. The summed E-state index contributed by atoms with van der Waals surface area (Å²) in [4.78, 5) is 12.8. The Labute approximate surface area is 169 Å². The molecule has 1 saturated heterocycles. The molecule has 1 aliphatic carbocycles. The molecular formula is C22H22N4O3. The normalized spacial score (nSPS) is 19.9. The molecule has 2 heterocycles. The van der Waals surface area contributed by atoms with Crippen LogP contribution in [0.15, 0.2) is 59.5 Å². The molecule has 7 heteroatoms. The second-order valence-electron chi connectivity index (χ2n) is 7.87. The number of nitrogens with zero attached hydrogens (tertiary/aromatic N) is 3. The molecule has 2 aromatic rings. The predicted octanol–water partition coefficient (Wildman–Crippen LogP) is 3.46. The Morgan fingerprint density at radius 2 is 2.10 bits per heavy atom. The number of fused-ring (bicyclic) bond motifs is 1. The molecule has 4 rings (SSSR count). The number of hydrogen-bond acceptors (Lipinski definition) is 5. The van der Waals surface area contributed by atoms with Crippen molar-refractivity contribution in [3.05, 3.63) is 65.1 Å². The van der Waals surface area contributed by atoms with Crippen LogP contribution in [0, 0.1) is 11.3 Å². The fraction of sp³-hybridized carbons (Fsp3) is 0.318. The third-order valence-corrected chi connectivity index (χ3v) is 4.95. The van der Waals surface area contributed by atoms with E-state index in [1.807, 2.05) is 13.8 Å². The lowest BCUT2D eigenvalue weighted by Gasteiger charge is -2.23. The van der Waals surface area contributed by atoms with Gasteiger partial charge < -0.3 is 14.8 Å². The average Bonchev–Trinajstić information content (AvgIpc) is 3.23. The molecule has 1 atom stereocenters. The first-order chi connectivity index (χ1) is 13.8. The number of ether oxygens (including phenoxy) is 2. The van der Waals surface area contributed by atoms with E-state index in [1.165, 1.54) is 0 Å². The van der Waals surface area contributed by atoms with Gasteiger partial charge in [-0.3, -0.25) is 9.48 Å². The average molecular weight is 390 g/mol. The van der Waals surface area contributed by atoms with Crippen LogP contribution in [-0.4, -0.2) is 27.4 Å². The Balaban J connectivity index is 1.62. The lowest BCUT2D eigenvalue weighted by atomic mass is 9.90. The fourth-order valence-corrected chi connectivity index (χ4v) is 3.65. The number of carbonyl (C=O) groups excluding carboxylic acids is 1. The lowest BCUT2D eigenvalue weighted by molar-refractivity contribution is -0.113. The molecule has 0 radical (unpaired) electrons. The third-order valence-electron chi connectivity index (χ3n) is 4.95. The highest BCUT2D eigenvalue weighted by Crippen LogP contribution is 2.42. The minimum atomic E-state index is -0.319. The van der Waals surface area contributed by atoms with E-state index in [0.717, 1.165) is 12.0 Å². The Hall–Kier alpha value is -3.37. The maximum Gasteiger partial charge on any atom is 0.253 e. The van der Waals surface area contributed by atoms with Gasteiger partial charge in [0.15, 0.2) is 5.82 Å². The van der Waals surface area contributed by atoms with Crippen molar-refractivity contribution in [1.29, 1.82) is 5.26 Å². The highest BCUT2D eigenvalue weighted by Gasteiger charge is 2.41. The quantitative estimate of drug-likeness (QED) is 0.864. The number of nitrogens with one attached hydrogen (secondary N) is 1. The highest BCUT2D eigenvalue weighted by molar-refractivity contribution is 6.03. The molecule has 1 aromatic heterocycles. The SMILES string of the molecule is Cn1ccc(NC(=O)C2=CC(Oc3ccc(C#N)cc3)=C3CC(C)(C)OC3C2)n1. The minimum Gasteiger partial charge on any atom is -0.457 e. The van der Waals surface area contributed by atoms with E-state index >= 15 is 0 Å². The molecule has 0 bridgehead atoms. The van der Waals surface area contributed by atoms with Gasteiger partial charge in [0, 0.05) is 43.3 Å². The number of hydrogen-bond donors (Lipinski definition) is 1. The molecule has 0 spiro atoms. The van der Waals surface area contributed by atoms with E-state index in [1.54, 1.807) is 54.3 Å². The first-order valence-electron chi connectivity index (χ1n) is 9.43. The van der Waals surface area contributed by atoms with Crippen LogP contribution in [0.5, 0.6) is 5.75 Å². The number of rotatable bonds is 4. The van der Waals surface area contributed by atoms with Gasteiger partial charge >= 0.3 is 0 Å². The van der Waals surface area contributed by atoms with Gasteiger partial charge in [-0.05, 0) is 44.2 Å². The Bertz CT molecular complexity index is 1050. The van der Waals surface area contributed by atoms with Gasteiger partial charge in [-0.2, -0.15) is 10.4 Å². The number of nitriles is 1. The molecule has 29 heavy (non-hydrogen) atoms. The summed E-state index contributed by atoms with van der Waals surface area (Å²) in [6.07, 6.45) is 4.57. The summed E-state index contributed by atoms with van der Waals surface area (Å²) in [6.45, 7) is 4.07. The second-order valence-corrected chi connectivity index (χ2v) is 7.87. The van der Waals surface area contributed by atoms with Crippen molar-refractivity contribution in [2.75, 3.05) is 5.32 Å². The van der Waals surface area contributed by atoms with Gasteiger partial charge in [-0.15, -0.1) is 0 Å². The van der Waals surface area contributed by atoms with Crippen molar-refractivity contribution in [1.82, 2.24) is 9.78 Å². The first kappa shape index (κ1) is 19.0. The number of amides is 1. The summed E-state index contributed by atoms with van der Waals surface area (Å²) < 4.78 is 13.9. The molecule has 2 aliphatic rings. The molecule has 0 saturated carbocycles. The maximum absolute atomic E-state index is 12.8. The Kier molecular flexibility index (Phi) is 4.73. The van der Waals surface area contributed by atoms with E-state index in [9.17, 15) is 4.79 Å². The van der Waals surface area contributed by atoms with Crippen LogP contribution in [0.2, 0.25) is 0 Å². The van der Waals surface area contributed by atoms with E-state index in [-0.39, 0.29) is 17.6 Å². The van der Waals surface area contributed by atoms with Gasteiger partial charge in [0.05, 0.1) is 23.3 Å². The van der Waals surface area contributed by atoms with Crippen molar-refractivity contribution < 1.29 is 14.3 Å². The topological polar surface area (TPSA) is 89.2 Å². The Morgan fingerprint density at radius 3 is 2.76 bits per heavy atom. The molecule has 148 valence electrons. The van der Waals surface area contributed by atoms with Crippen molar-refractivity contribution in [2.45, 2.75) is 38.4 Å². The van der Waals surface area contributed by atoms with Gasteiger partial charge in [-0.25, -0.2) is 0 Å². The highest BCUT2D eigenvalue weighted by atomic mass is 16.5. The van der Waals surface area contributed by atoms with Crippen LogP contribution in [0.25, 0.3) is 0 Å². The Morgan fingerprint density at radius 1 is 1.34 bits per heavy atom. The van der Waals surface area contributed by atoms with Crippen molar-refractivity contribution >= 4 is 11.7 Å². The smallest absolute Gasteiger partial charge is 0.253 e. The number of anilines is 1. The third kappa shape index (κ3) is 4.08. The largest absolute Gasteiger partial charge is 0.457 e. The molecule has 7 nitrogen and oxygen atoms in total. The second kappa shape index (κ2) is 7.22. The van der Waals surface area contributed by atoms with Crippen molar-refractivity contribution in [3.63, 3.8) is 0 Å². The molecule has 1 aliphatic heterocycles. The van der Waals surface area contributed by atoms with Crippen LogP contribution in [0.3, 0.4) is 0 Å². The zero-order valence-corrected chi connectivity index (χ0v) is 16.6. The predicted molar refractivity (Wildman–Crippen MR) is 107 cm³/mol. The van der Waals surface area contributed by atoms with E-state index in [4.69, 9.17) is 14.7 Å². The zero-order valence-electron chi connectivity index (χ0n) is 16.6. The van der Waals surface area contributed by atoms with Crippen molar-refractivity contribution in [2.24, 2.45) is 7.05 Å². The first-order valence-corrected chi connectivity index (χ1v) is 9.43. The number of allylic oxidation sites excluding steroid dienone is 1. The zero-order chi connectivity index (χ0) is 20.6.